The molecule has 0 saturated heterocycles. The molecule has 0 heterocycles. The molecule has 0 atom stereocenters. The molecule has 0 spiro atoms. The van der Waals surface area contributed by atoms with Crippen molar-refractivity contribution in [2.24, 2.45) is 0 Å². The van der Waals surface area contributed by atoms with E-state index >= 15 is 0 Å². The molecule has 100 valence electrons. The first-order valence-electron chi connectivity index (χ1n) is 6.96. The molecule has 1 heteroatoms. The lowest BCUT2D eigenvalue weighted by molar-refractivity contribution is 1.15. The zero-order valence-corrected chi connectivity index (χ0v) is 12.5. The molecule has 3 rings (SSSR count). The van der Waals surface area contributed by atoms with Gasteiger partial charge in [0.1, 0.15) is 0 Å². The summed E-state index contributed by atoms with van der Waals surface area (Å²) in [7, 11) is 0. The molecular weight excluding hydrogens is 264 g/mol. The molecule has 3 aromatic carbocycles. The van der Waals surface area contributed by atoms with Crippen LogP contribution in [0.4, 0.5) is 0 Å². The summed E-state index contributed by atoms with van der Waals surface area (Å²) in [4.78, 5) is 0. The first-order chi connectivity index (χ1) is 9.67. The van der Waals surface area contributed by atoms with Gasteiger partial charge in [0.25, 0.3) is 0 Å². The Labute approximate surface area is 125 Å². The van der Waals surface area contributed by atoms with Crippen LogP contribution in [0.2, 0.25) is 5.02 Å². The monoisotopic (exact) mass is 280 g/mol. The number of halogens is 1. The number of rotatable bonds is 2. The van der Waals surface area contributed by atoms with Crippen LogP contribution in [-0.2, 0) is 6.42 Å². The second kappa shape index (κ2) is 5.30. The summed E-state index contributed by atoms with van der Waals surface area (Å²) in [6.45, 7) is 4.34. The molecular formula is C19H17Cl. The van der Waals surface area contributed by atoms with Crippen molar-refractivity contribution in [2.45, 2.75) is 20.3 Å². The molecule has 0 saturated carbocycles. The Hall–Kier alpha value is -1.79. The number of fused-ring (bicyclic) bond motifs is 1. The van der Waals surface area contributed by atoms with E-state index < -0.39 is 0 Å². The fourth-order valence-electron chi connectivity index (χ4n) is 2.64. The van der Waals surface area contributed by atoms with Crippen molar-refractivity contribution in [1.82, 2.24) is 0 Å². The summed E-state index contributed by atoms with van der Waals surface area (Å²) in [5.41, 5.74) is 5.16. The van der Waals surface area contributed by atoms with Crippen LogP contribution >= 0.6 is 11.6 Å². The van der Waals surface area contributed by atoms with Crippen LogP contribution in [0.3, 0.4) is 0 Å². The van der Waals surface area contributed by atoms with E-state index in [-0.39, 0.29) is 0 Å². The maximum absolute atomic E-state index is 6.00. The van der Waals surface area contributed by atoms with Gasteiger partial charge in [0.2, 0.25) is 0 Å². The summed E-state index contributed by atoms with van der Waals surface area (Å²) < 4.78 is 0. The Balaban J connectivity index is 2.29. The first kappa shape index (κ1) is 13.2. The van der Waals surface area contributed by atoms with Gasteiger partial charge < -0.3 is 0 Å². The molecule has 0 N–H and O–H groups in total. The van der Waals surface area contributed by atoms with E-state index in [2.05, 4.69) is 56.3 Å². The van der Waals surface area contributed by atoms with Crippen LogP contribution < -0.4 is 0 Å². The lowest BCUT2D eigenvalue weighted by Gasteiger charge is -2.10. The van der Waals surface area contributed by atoms with E-state index in [1.807, 2.05) is 12.1 Å². The van der Waals surface area contributed by atoms with Gasteiger partial charge in [-0.1, -0.05) is 61.0 Å². The Morgan fingerprint density at radius 1 is 0.900 bits per heavy atom. The average molecular weight is 281 g/mol. The van der Waals surface area contributed by atoms with E-state index in [1.165, 1.54) is 33.0 Å². The van der Waals surface area contributed by atoms with Crippen LogP contribution in [0.1, 0.15) is 18.1 Å². The average Bonchev–Trinajstić information content (AvgIpc) is 2.47. The predicted molar refractivity (Wildman–Crippen MR) is 88.5 cm³/mol. The molecule has 0 fully saturated rings. The van der Waals surface area contributed by atoms with Crippen molar-refractivity contribution >= 4 is 22.4 Å². The Kier molecular flexibility index (Phi) is 3.50. The van der Waals surface area contributed by atoms with Crippen LogP contribution in [0, 0.1) is 6.92 Å². The molecule has 0 aliphatic heterocycles. The van der Waals surface area contributed by atoms with E-state index in [0.29, 0.717) is 0 Å². The lowest BCUT2D eigenvalue weighted by Crippen LogP contribution is -1.87. The van der Waals surface area contributed by atoms with Crippen molar-refractivity contribution in [3.8, 4) is 11.1 Å². The van der Waals surface area contributed by atoms with Crippen LogP contribution in [0.25, 0.3) is 21.9 Å². The summed E-state index contributed by atoms with van der Waals surface area (Å²) in [6.07, 6.45) is 1.06. The fourth-order valence-corrected chi connectivity index (χ4v) is 2.77. The molecule has 0 nitrogen and oxygen atoms in total. The highest BCUT2D eigenvalue weighted by Crippen LogP contribution is 2.31. The van der Waals surface area contributed by atoms with Crippen LogP contribution in [0.15, 0.2) is 54.6 Å². The number of benzene rings is 3. The molecule has 3 aromatic rings. The summed E-state index contributed by atoms with van der Waals surface area (Å²) in [6, 6.07) is 19.3. The summed E-state index contributed by atoms with van der Waals surface area (Å²) in [5.74, 6) is 0. The molecule has 0 bridgehead atoms. The number of hydrogen-bond donors (Lipinski definition) is 0. The molecule has 0 aliphatic carbocycles. The Bertz CT molecular complexity index is 755. The zero-order valence-electron chi connectivity index (χ0n) is 11.8. The number of hydrogen-bond acceptors (Lipinski definition) is 0. The maximum atomic E-state index is 6.00. The van der Waals surface area contributed by atoms with E-state index in [0.717, 1.165) is 11.4 Å². The van der Waals surface area contributed by atoms with Gasteiger partial charge >= 0.3 is 0 Å². The number of aryl methyl sites for hydroxylation is 2. The molecule has 0 radical (unpaired) electrons. The smallest absolute Gasteiger partial charge is 0.0406 e. The van der Waals surface area contributed by atoms with Gasteiger partial charge in [-0.2, -0.15) is 0 Å². The Morgan fingerprint density at radius 2 is 1.65 bits per heavy atom. The van der Waals surface area contributed by atoms with Crippen molar-refractivity contribution < 1.29 is 0 Å². The second-order valence-corrected chi connectivity index (χ2v) is 5.66. The first-order valence-corrected chi connectivity index (χ1v) is 7.34. The maximum Gasteiger partial charge on any atom is 0.0406 e. The summed E-state index contributed by atoms with van der Waals surface area (Å²) >= 11 is 6.00. The third-order valence-corrected chi connectivity index (χ3v) is 3.98. The van der Waals surface area contributed by atoms with Crippen molar-refractivity contribution in [1.29, 1.82) is 0 Å². The standard InChI is InChI=1S/C19H17Cl/c1-3-14-4-5-16-10-13(2)11-18(19(16)12-14)15-6-8-17(20)9-7-15/h4-12H,3H2,1-2H3. The van der Waals surface area contributed by atoms with Gasteiger partial charge in [-0.05, 0) is 58.5 Å². The van der Waals surface area contributed by atoms with Crippen LogP contribution in [-0.4, -0.2) is 0 Å². The van der Waals surface area contributed by atoms with Crippen molar-refractivity contribution in [3.05, 3.63) is 70.7 Å². The molecule has 20 heavy (non-hydrogen) atoms. The zero-order chi connectivity index (χ0) is 14.1. The van der Waals surface area contributed by atoms with Gasteiger partial charge in [0.15, 0.2) is 0 Å². The Morgan fingerprint density at radius 3 is 2.35 bits per heavy atom. The predicted octanol–water partition coefficient (Wildman–Crippen LogP) is 6.03. The highest BCUT2D eigenvalue weighted by atomic mass is 35.5. The third kappa shape index (κ3) is 2.44. The molecule has 0 aliphatic rings. The fraction of sp³-hybridized carbons (Fsp3) is 0.158. The minimum absolute atomic E-state index is 0.778. The SMILES string of the molecule is CCc1ccc2cc(C)cc(-c3ccc(Cl)cc3)c2c1. The normalized spacial score (nSPS) is 10.9. The van der Waals surface area contributed by atoms with Gasteiger partial charge in [0, 0.05) is 5.02 Å². The molecule has 0 unspecified atom stereocenters. The highest BCUT2D eigenvalue weighted by Gasteiger charge is 2.06. The van der Waals surface area contributed by atoms with Crippen molar-refractivity contribution in [3.63, 3.8) is 0 Å². The van der Waals surface area contributed by atoms with Gasteiger partial charge in [-0.3, -0.25) is 0 Å². The second-order valence-electron chi connectivity index (χ2n) is 5.23. The third-order valence-electron chi connectivity index (χ3n) is 3.73. The van der Waals surface area contributed by atoms with E-state index in [1.54, 1.807) is 0 Å². The highest BCUT2D eigenvalue weighted by molar-refractivity contribution is 6.30. The van der Waals surface area contributed by atoms with E-state index in [4.69, 9.17) is 11.6 Å². The molecule has 0 amide bonds. The molecule has 0 aromatic heterocycles. The largest absolute Gasteiger partial charge is 0.0843 e. The van der Waals surface area contributed by atoms with Gasteiger partial charge in [0.05, 0.1) is 0 Å². The van der Waals surface area contributed by atoms with Gasteiger partial charge in [-0.15, -0.1) is 0 Å². The minimum atomic E-state index is 0.778. The van der Waals surface area contributed by atoms with Gasteiger partial charge in [-0.25, -0.2) is 0 Å². The topological polar surface area (TPSA) is 0 Å². The van der Waals surface area contributed by atoms with Crippen LogP contribution in [0.5, 0.6) is 0 Å². The summed E-state index contributed by atoms with van der Waals surface area (Å²) in [5, 5.41) is 3.39. The quantitative estimate of drug-likeness (QED) is 0.537. The minimum Gasteiger partial charge on any atom is -0.0843 e. The van der Waals surface area contributed by atoms with Crippen molar-refractivity contribution in [2.75, 3.05) is 0 Å². The lowest BCUT2D eigenvalue weighted by atomic mass is 9.94. The van der Waals surface area contributed by atoms with E-state index in [9.17, 15) is 0 Å².